The van der Waals surface area contributed by atoms with Gasteiger partial charge in [0.05, 0.1) is 53.8 Å². The molecule has 0 atom stereocenters. The molecule has 10 heteroatoms. The van der Waals surface area contributed by atoms with E-state index in [0.717, 1.165) is 85.6 Å². The molecule has 0 spiro atoms. The van der Waals surface area contributed by atoms with Gasteiger partial charge in [-0.1, -0.05) is 12.1 Å². The Morgan fingerprint density at radius 2 is 1.88 bits per heavy atom. The van der Waals surface area contributed by atoms with Crippen LogP contribution in [0.3, 0.4) is 0 Å². The highest BCUT2D eigenvalue weighted by Gasteiger charge is 2.35. The zero-order chi connectivity index (χ0) is 28.0. The molecule has 1 amide bonds. The van der Waals surface area contributed by atoms with Gasteiger partial charge >= 0.3 is 0 Å². The van der Waals surface area contributed by atoms with Crippen LogP contribution in [-0.2, 0) is 18.3 Å². The van der Waals surface area contributed by atoms with Crippen molar-refractivity contribution in [2.24, 2.45) is 7.05 Å². The minimum atomic E-state index is -0.658. The topological polar surface area (TPSA) is 108 Å². The van der Waals surface area contributed by atoms with Gasteiger partial charge in [-0.05, 0) is 37.1 Å². The monoisotopic (exact) mass is 553 g/mol. The minimum Gasteiger partial charge on any atom is -0.388 e. The van der Waals surface area contributed by atoms with E-state index in [9.17, 15) is 9.90 Å². The summed E-state index contributed by atoms with van der Waals surface area (Å²) in [6, 6.07) is 12.2. The van der Waals surface area contributed by atoms with Gasteiger partial charge in [-0.15, -0.1) is 0 Å². The summed E-state index contributed by atoms with van der Waals surface area (Å²) in [5, 5.41) is 18.6. The number of rotatable bonds is 6. The molecule has 4 aromatic rings. The zero-order valence-electron chi connectivity index (χ0n) is 23.3. The van der Waals surface area contributed by atoms with Crippen molar-refractivity contribution in [2.75, 3.05) is 56.2 Å². The highest BCUT2D eigenvalue weighted by atomic mass is 16.5. The number of aromatic nitrogens is 3. The molecule has 2 fully saturated rings. The summed E-state index contributed by atoms with van der Waals surface area (Å²) in [5.74, 6) is 0.539. The number of morpholine rings is 1. The fraction of sp³-hybridized carbons (Fsp3) is 0.387. The molecule has 10 nitrogen and oxygen atoms in total. The first-order chi connectivity index (χ1) is 20.0. The molecule has 41 heavy (non-hydrogen) atoms. The summed E-state index contributed by atoms with van der Waals surface area (Å²) < 4.78 is 7.53. The fourth-order valence-corrected chi connectivity index (χ4v) is 6.38. The molecule has 0 saturated carbocycles. The van der Waals surface area contributed by atoms with Crippen LogP contribution in [0.15, 0.2) is 55.0 Å². The molecule has 0 radical (unpaired) electrons. The number of fused-ring (bicyclic) bond motifs is 2. The van der Waals surface area contributed by atoms with Crippen molar-refractivity contribution < 1.29 is 14.6 Å². The average molecular weight is 554 g/mol. The standard InChI is InChI=1S/C31H35N7O3/c1-36-10-7-22-23(3-2-4-26(22)36)29-24-18-34-30(39)28(24)25(19-33-29)35-27-6-5-21(17-32-27)38-11-8-31(40,9-12-38)20-37-13-15-41-16-14-37/h2-7,10,17,19,40H,8-9,11-16,18,20H2,1H3,(H,32,35)(H,34,39). The van der Waals surface area contributed by atoms with Crippen molar-refractivity contribution in [1.82, 2.24) is 24.8 Å². The van der Waals surface area contributed by atoms with Gasteiger partial charge in [0.25, 0.3) is 5.91 Å². The molecule has 0 aliphatic carbocycles. The smallest absolute Gasteiger partial charge is 0.254 e. The molecule has 0 bridgehead atoms. The third-order valence-corrected chi connectivity index (χ3v) is 8.71. The van der Waals surface area contributed by atoms with Gasteiger partial charge in [0, 0.05) is 74.5 Å². The normalized spacial score (nSPS) is 18.9. The Morgan fingerprint density at radius 3 is 2.66 bits per heavy atom. The molecule has 3 N–H and O–H groups in total. The number of nitrogens with zero attached hydrogens (tertiary/aromatic N) is 5. The number of aryl methyl sites for hydroxylation is 1. The van der Waals surface area contributed by atoms with Crippen molar-refractivity contribution in [3.05, 3.63) is 66.1 Å². The zero-order valence-corrected chi connectivity index (χ0v) is 23.3. The number of amides is 1. The van der Waals surface area contributed by atoms with Gasteiger partial charge < -0.3 is 29.9 Å². The van der Waals surface area contributed by atoms with Gasteiger partial charge in [0.1, 0.15) is 5.82 Å². The minimum absolute atomic E-state index is 0.110. The van der Waals surface area contributed by atoms with Crippen molar-refractivity contribution >= 4 is 34.0 Å². The van der Waals surface area contributed by atoms with Crippen LogP contribution in [-0.4, -0.2) is 82.0 Å². The summed E-state index contributed by atoms with van der Waals surface area (Å²) in [6.07, 6.45) is 7.07. The van der Waals surface area contributed by atoms with Gasteiger partial charge in [-0.2, -0.15) is 0 Å². The molecule has 3 aliphatic rings. The lowest BCUT2D eigenvalue weighted by atomic mass is 9.90. The first-order valence-electron chi connectivity index (χ1n) is 14.3. The second-order valence-electron chi connectivity index (χ2n) is 11.3. The van der Waals surface area contributed by atoms with Crippen LogP contribution in [0.5, 0.6) is 0 Å². The van der Waals surface area contributed by atoms with Crippen LogP contribution < -0.4 is 15.5 Å². The van der Waals surface area contributed by atoms with Crippen molar-refractivity contribution in [1.29, 1.82) is 0 Å². The Hall–Kier alpha value is -3.99. The van der Waals surface area contributed by atoms with Gasteiger partial charge in [0.15, 0.2) is 0 Å². The number of hydrogen-bond acceptors (Lipinski definition) is 8. The van der Waals surface area contributed by atoms with E-state index in [2.05, 4.69) is 48.2 Å². The number of nitrogens with one attached hydrogen (secondary N) is 2. The molecule has 3 aliphatic heterocycles. The van der Waals surface area contributed by atoms with Crippen LogP contribution in [0.25, 0.3) is 22.2 Å². The quantitative estimate of drug-likeness (QED) is 0.334. The molecule has 2 saturated heterocycles. The molecule has 3 aromatic heterocycles. The summed E-state index contributed by atoms with van der Waals surface area (Å²) in [4.78, 5) is 27.0. The predicted octanol–water partition coefficient (Wildman–Crippen LogP) is 3.29. The molecule has 6 heterocycles. The van der Waals surface area contributed by atoms with Gasteiger partial charge in [0.2, 0.25) is 0 Å². The third-order valence-electron chi connectivity index (χ3n) is 8.71. The Balaban J connectivity index is 1.07. The molecule has 0 unspecified atom stereocenters. The highest BCUT2D eigenvalue weighted by Crippen LogP contribution is 2.36. The number of β-amino-alcohol motifs (C(OH)–C–C–N with tert-alkyl or cyclic N) is 1. The van der Waals surface area contributed by atoms with Crippen molar-refractivity contribution in [2.45, 2.75) is 25.0 Å². The second-order valence-corrected chi connectivity index (χ2v) is 11.3. The van der Waals surface area contributed by atoms with E-state index in [-0.39, 0.29) is 5.91 Å². The lowest BCUT2D eigenvalue weighted by molar-refractivity contribution is -0.0440. The molecule has 1 aromatic carbocycles. The number of ether oxygens (including phenoxy) is 1. The number of piperidine rings is 1. The summed E-state index contributed by atoms with van der Waals surface area (Å²) in [5.41, 5.74) is 5.48. The third kappa shape index (κ3) is 4.92. The average Bonchev–Trinajstić information content (AvgIpc) is 3.57. The molecular weight excluding hydrogens is 518 g/mol. The van der Waals surface area contributed by atoms with Crippen molar-refractivity contribution in [3.63, 3.8) is 0 Å². The van der Waals surface area contributed by atoms with Gasteiger partial charge in [-0.3, -0.25) is 14.7 Å². The second kappa shape index (κ2) is 10.4. The van der Waals surface area contributed by atoms with E-state index in [1.807, 2.05) is 37.6 Å². The summed E-state index contributed by atoms with van der Waals surface area (Å²) >= 11 is 0. The number of carbonyl (C=O) groups is 1. The number of hydrogen-bond donors (Lipinski definition) is 3. The number of aliphatic hydroxyl groups is 1. The van der Waals surface area contributed by atoms with Crippen LogP contribution in [0.4, 0.5) is 17.2 Å². The van der Waals surface area contributed by atoms with Crippen LogP contribution in [0.2, 0.25) is 0 Å². The van der Waals surface area contributed by atoms with E-state index >= 15 is 0 Å². The van der Waals surface area contributed by atoms with E-state index < -0.39 is 5.60 Å². The van der Waals surface area contributed by atoms with Crippen LogP contribution in [0, 0.1) is 0 Å². The van der Waals surface area contributed by atoms with Gasteiger partial charge in [-0.25, -0.2) is 4.98 Å². The van der Waals surface area contributed by atoms with Crippen molar-refractivity contribution in [3.8, 4) is 11.3 Å². The maximum atomic E-state index is 12.9. The fourth-order valence-electron chi connectivity index (χ4n) is 6.38. The predicted molar refractivity (Wildman–Crippen MR) is 158 cm³/mol. The number of carbonyl (C=O) groups excluding carboxylic acids is 1. The first kappa shape index (κ1) is 25.9. The van der Waals surface area contributed by atoms with E-state index in [0.29, 0.717) is 30.2 Å². The Morgan fingerprint density at radius 1 is 1.05 bits per heavy atom. The Kier molecular flexibility index (Phi) is 6.61. The largest absolute Gasteiger partial charge is 0.388 e. The maximum Gasteiger partial charge on any atom is 0.254 e. The highest BCUT2D eigenvalue weighted by molar-refractivity contribution is 6.07. The molecular formula is C31H35N7O3. The van der Waals surface area contributed by atoms with Crippen LogP contribution >= 0.6 is 0 Å². The molecule has 7 rings (SSSR count). The molecule has 212 valence electrons. The van der Waals surface area contributed by atoms with E-state index in [1.54, 1.807) is 6.20 Å². The van der Waals surface area contributed by atoms with E-state index in [4.69, 9.17) is 9.72 Å². The summed E-state index contributed by atoms with van der Waals surface area (Å²) in [7, 11) is 2.03. The van der Waals surface area contributed by atoms with E-state index in [1.165, 1.54) is 0 Å². The lowest BCUT2D eigenvalue weighted by Gasteiger charge is -2.42. The number of anilines is 3. The Labute approximate surface area is 239 Å². The van der Waals surface area contributed by atoms with Crippen LogP contribution in [0.1, 0.15) is 28.8 Å². The first-order valence-corrected chi connectivity index (χ1v) is 14.3. The summed E-state index contributed by atoms with van der Waals surface area (Å²) in [6.45, 7) is 5.96. The lowest BCUT2D eigenvalue weighted by Crippen LogP contribution is -2.53. The number of pyridine rings is 2. The maximum absolute atomic E-state index is 12.9. The number of benzene rings is 1. The Bertz CT molecular complexity index is 1590. The SMILES string of the molecule is Cn1ccc2c(-c3ncc(Nc4ccc(N5CCC(O)(CN6CCOCC6)CC5)cn4)c4c3CNC4=O)cccc21.